The molecule has 0 aliphatic heterocycles. The van der Waals surface area contributed by atoms with Gasteiger partial charge in [-0.2, -0.15) is 5.10 Å². The van der Waals surface area contributed by atoms with Crippen molar-refractivity contribution >= 4 is 23.2 Å². The first-order chi connectivity index (χ1) is 11.1. The molecule has 114 valence electrons. The van der Waals surface area contributed by atoms with Crippen molar-refractivity contribution in [3.8, 4) is 0 Å². The highest BCUT2D eigenvalue weighted by atomic mass is 16.2. The first kappa shape index (κ1) is 14.6. The topological polar surface area (TPSA) is 87.2 Å². The smallest absolute Gasteiger partial charge is 0.295 e. The predicted molar refractivity (Wildman–Crippen MR) is 88.6 cm³/mol. The molecule has 3 aromatic rings. The van der Waals surface area contributed by atoms with Gasteiger partial charge in [-0.15, -0.1) is 0 Å². The summed E-state index contributed by atoms with van der Waals surface area (Å²) >= 11 is 0. The number of carbonyl (C=O) groups is 1. The summed E-state index contributed by atoms with van der Waals surface area (Å²) in [5.74, 6) is -0.652. The number of aromatic amines is 1. The van der Waals surface area contributed by atoms with E-state index in [2.05, 4.69) is 20.5 Å². The maximum Gasteiger partial charge on any atom is 0.295 e. The molecule has 0 aliphatic carbocycles. The molecule has 0 bridgehead atoms. The number of carbonyl (C=O) groups excluding carboxylic acids is 1. The SMILES string of the molecule is Cc1ccc(/C=N\NC(=O)c2nc3ccccc3[nH]c2=O)cc1. The molecule has 0 fully saturated rings. The Morgan fingerprint density at radius 1 is 1.17 bits per heavy atom. The molecule has 0 saturated carbocycles. The van der Waals surface area contributed by atoms with Crippen LogP contribution in [0.25, 0.3) is 11.0 Å². The number of hydrazone groups is 1. The van der Waals surface area contributed by atoms with Gasteiger partial charge in [-0.1, -0.05) is 42.0 Å². The molecule has 0 saturated heterocycles. The van der Waals surface area contributed by atoms with Gasteiger partial charge in [0.05, 0.1) is 17.2 Å². The van der Waals surface area contributed by atoms with Crippen LogP contribution in [-0.2, 0) is 0 Å². The number of fused-ring (bicyclic) bond motifs is 1. The largest absolute Gasteiger partial charge is 0.319 e. The van der Waals surface area contributed by atoms with E-state index >= 15 is 0 Å². The van der Waals surface area contributed by atoms with Crippen molar-refractivity contribution in [2.45, 2.75) is 6.92 Å². The average Bonchev–Trinajstić information content (AvgIpc) is 2.56. The maximum atomic E-state index is 12.0. The summed E-state index contributed by atoms with van der Waals surface area (Å²) in [7, 11) is 0. The Morgan fingerprint density at radius 3 is 2.70 bits per heavy atom. The molecule has 1 amide bonds. The molecule has 0 aliphatic rings. The molecule has 0 radical (unpaired) electrons. The van der Waals surface area contributed by atoms with Crippen LogP contribution in [0.15, 0.2) is 58.4 Å². The number of rotatable bonds is 3. The Labute approximate surface area is 131 Å². The molecule has 0 atom stereocenters. The van der Waals surface area contributed by atoms with Gasteiger partial charge in [-0.3, -0.25) is 9.59 Å². The zero-order valence-corrected chi connectivity index (χ0v) is 12.4. The van der Waals surface area contributed by atoms with Crippen molar-refractivity contribution in [3.05, 3.63) is 75.7 Å². The number of nitrogens with one attached hydrogen (secondary N) is 2. The summed E-state index contributed by atoms with van der Waals surface area (Å²) < 4.78 is 0. The highest BCUT2D eigenvalue weighted by Crippen LogP contribution is 2.05. The van der Waals surface area contributed by atoms with Crippen molar-refractivity contribution in [2.75, 3.05) is 0 Å². The van der Waals surface area contributed by atoms with Crippen molar-refractivity contribution in [1.29, 1.82) is 0 Å². The van der Waals surface area contributed by atoms with Crippen molar-refractivity contribution in [1.82, 2.24) is 15.4 Å². The third kappa shape index (κ3) is 3.32. The van der Waals surface area contributed by atoms with Gasteiger partial charge in [-0.25, -0.2) is 10.4 Å². The highest BCUT2D eigenvalue weighted by Gasteiger charge is 2.12. The number of para-hydroxylation sites is 2. The second-order valence-electron chi connectivity index (χ2n) is 5.04. The van der Waals surface area contributed by atoms with Crippen LogP contribution in [-0.4, -0.2) is 22.1 Å². The van der Waals surface area contributed by atoms with Crippen LogP contribution in [0.1, 0.15) is 21.6 Å². The van der Waals surface area contributed by atoms with Gasteiger partial charge in [0.2, 0.25) is 0 Å². The number of nitrogens with zero attached hydrogens (tertiary/aromatic N) is 2. The van der Waals surface area contributed by atoms with E-state index in [4.69, 9.17) is 0 Å². The monoisotopic (exact) mass is 306 g/mol. The van der Waals surface area contributed by atoms with E-state index in [1.165, 1.54) is 6.21 Å². The lowest BCUT2D eigenvalue weighted by atomic mass is 10.2. The molecule has 3 rings (SSSR count). The van der Waals surface area contributed by atoms with Gasteiger partial charge < -0.3 is 4.98 Å². The molecule has 0 unspecified atom stereocenters. The van der Waals surface area contributed by atoms with Crippen LogP contribution < -0.4 is 11.0 Å². The Balaban J connectivity index is 1.79. The summed E-state index contributed by atoms with van der Waals surface area (Å²) in [6.07, 6.45) is 1.51. The minimum atomic E-state index is -0.652. The summed E-state index contributed by atoms with van der Waals surface area (Å²) in [6.45, 7) is 1.99. The zero-order valence-electron chi connectivity index (χ0n) is 12.4. The minimum Gasteiger partial charge on any atom is -0.319 e. The van der Waals surface area contributed by atoms with E-state index < -0.39 is 11.5 Å². The Bertz CT molecular complexity index is 943. The van der Waals surface area contributed by atoms with Crippen LogP contribution in [0, 0.1) is 6.92 Å². The molecule has 0 spiro atoms. The van der Waals surface area contributed by atoms with E-state index in [0.29, 0.717) is 11.0 Å². The quantitative estimate of drug-likeness (QED) is 0.573. The Hall–Kier alpha value is -3.28. The summed E-state index contributed by atoms with van der Waals surface area (Å²) in [5.41, 5.74) is 4.65. The van der Waals surface area contributed by atoms with Crippen LogP contribution in [0.2, 0.25) is 0 Å². The Kier molecular flexibility index (Phi) is 3.97. The van der Waals surface area contributed by atoms with Crippen molar-refractivity contribution in [3.63, 3.8) is 0 Å². The average molecular weight is 306 g/mol. The van der Waals surface area contributed by atoms with E-state index in [9.17, 15) is 9.59 Å². The number of aryl methyl sites for hydroxylation is 1. The van der Waals surface area contributed by atoms with Gasteiger partial charge in [0.15, 0.2) is 5.69 Å². The number of hydrogen-bond donors (Lipinski definition) is 2. The molecule has 2 aromatic carbocycles. The van der Waals surface area contributed by atoms with Crippen LogP contribution >= 0.6 is 0 Å². The molecule has 1 heterocycles. The van der Waals surface area contributed by atoms with Gasteiger partial charge in [0.1, 0.15) is 0 Å². The van der Waals surface area contributed by atoms with Gasteiger partial charge in [0, 0.05) is 0 Å². The first-order valence-corrected chi connectivity index (χ1v) is 7.02. The molecular weight excluding hydrogens is 292 g/mol. The molecule has 6 heteroatoms. The standard InChI is InChI=1S/C17H14N4O2/c1-11-6-8-12(9-7-11)10-18-21-17(23)15-16(22)20-14-5-3-2-4-13(14)19-15/h2-10H,1H3,(H,20,22)(H,21,23)/b18-10-. The third-order valence-corrected chi connectivity index (χ3v) is 3.27. The van der Waals surface area contributed by atoms with E-state index in [-0.39, 0.29) is 5.69 Å². The maximum absolute atomic E-state index is 12.0. The lowest BCUT2D eigenvalue weighted by Gasteiger charge is -2.01. The summed E-state index contributed by atoms with van der Waals surface area (Å²) in [4.78, 5) is 30.7. The molecule has 1 aromatic heterocycles. The highest BCUT2D eigenvalue weighted by molar-refractivity contribution is 5.94. The first-order valence-electron chi connectivity index (χ1n) is 7.02. The molecule has 2 N–H and O–H groups in total. The van der Waals surface area contributed by atoms with E-state index in [1.807, 2.05) is 31.2 Å². The number of benzene rings is 2. The molecular formula is C17H14N4O2. The third-order valence-electron chi connectivity index (χ3n) is 3.27. The second-order valence-corrected chi connectivity index (χ2v) is 5.04. The minimum absolute atomic E-state index is 0.218. The normalized spacial score (nSPS) is 11.0. The lowest BCUT2D eigenvalue weighted by Crippen LogP contribution is -2.28. The fourth-order valence-electron chi connectivity index (χ4n) is 2.05. The van der Waals surface area contributed by atoms with Crippen molar-refractivity contribution < 1.29 is 4.79 Å². The van der Waals surface area contributed by atoms with Crippen LogP contribution in [0.4, 0.5) is 0 Å². The zero-order chi connectivity index (χ0) is 16.2. The van der Waals surface area contributed by atoms with E-state index in [0.717, 1.165) is 11.1 Å². The van der Waals surface area contributed by atoms with Gasteiger partial charge in [-0.05, 0) is 24.6 Å². The number of aromatic nitrogens is 2. The Morgan fingerprint density at radius 2 is 1.91 bits per heavy atom. The number of amides is 1. The van der Waals surface area contributed by atoms with E-state index in [1.54, 1.807) is 24.3 Å². The lowest BCUT2D eigenvalue weighted by molar-refractivity contribution is 0.0949. The van der Waals surface area contributed by atoms with Crippen molar-refractivity contribution in [2.24, 2.45) is 5.10 Å². The summed E-state index contributed by atoms with van der Waals surface area (Å²) in [6, 6.07) is 14.7. The predicted octanol–water partition coefficient (Wildman–Crippen LogP) is 2.00. The summed E-state index contributed by atoms with van der Waals surface area (Å²) in [5, 5.41) is 3.85. The number of hydrogen-bond acceptors (Lipinski definition) is 4. The fourth-order valence-corrected chi connectivity index (χ4v) is 2.05. The van der Waals surface area contributed by atoms with Gasteiger partial charge >= 0.3 is 0 Å². The fraction of sp³-hybridized carbons (Fsp3) is 0.0588. The van der Waals surface area contributed by atoms with Crippen LogP contribution in [0.5, 0.6) is 0 Å². The second kappa shape index (κ2) is 6.23. The van der Waals surface area contributed by atoms with Crippen LogP contribution in [0.3, 0.4) is 0 Å². The van der Waals surface area contributed by atoms with Gasteiger partial charge in [0.25, 0.3) is 11.5 Å². The molecule has 6 nitrogen and oxygen atoms in total. The molecule has 23 heavy (non-hydrogen) atoms. The number of H-pyrrole nitrogens is 1.